The van der Waals surface area contributed by atoms with Gasteiger partial charge in [-0.2, -0.15) is 0 Å². The van der Waals surface area contributed by atoms with E-state index in [2.05, 4.69) is 20.8 Å². The molecule has 3 unspecified atom stereocenters. The second-order valence-electron chi connectivity index (χ2n) is 7.08. The topological polar surface area (TPSA) is 40.5 Å². The van der Waals surface area contributed by atoms with E-state index in [1.807, 2.05) is 6.92 Å². The zero-order chi connectivity index (χ0) is 12.8. The van der Waals surface area contributed by atoms with Crippen LogP contribution in [0.5, 0.6) is 0 Å². The number of fused-ring (bicyclic) bond motifs is 1. The summed E-state index contributed by atoms with van der Waals surface area (Å²) in [6.45, 7) is 8.93. The third kappa shape index (κ3) is 2.30. The molecule has 2 N–H and O–H groups in total. The van der Waals surface area contributed by atoms with Gasteiger partial charge in [-0.05, 0) is 44.9 Å². The summed E-state index contributed by atoms with van der Waals surface area (Å²) in [6.07, 6.45) is 3.87. The second-order valence-corrected chi connectivity index (χ2v) is 7.08. The monoisotopic (exact) mass is 238 g/mol. The number of hydrogen-bond acceptors (Lipinski definition) is 2. The van der Waals surface area contributed by atoms with Crippen LogP contribution in [0.4, 0.5) is 0 Å². The van der Waals surface area contributed by atoms with E-state index >= 15 is 0 Å². The minimum atomic E-state index is -0.589. The molecule has 17 heavy (non-hydrogen) atoms. The molecule has 1 fully saturated rings. The van der Waals surface area contributed by atoms with Gasteiger partial charge in [-0.25, -0.2) is 0 Å². The average molecular weight is 238 g/mol. The van der Waals surface area contributed by atoms with Crippen molar-refractivity contribution in [2.24, 2.45) is 17.3 Å². The maximum absolute atomic E-state index is 10.7. The molecule has 2 heteroatoms. The first-order valence-corrected chi connectivity index (χ1v) is 6.79. The molecule has 0 amide bonds. The number of aliphatic hydroxyl groups is 2. The van der Waals surface area contributed by atoms with Gasteiger partial charge in [0.2, 0.25) is 0 Å². The Bertz CT molecular complexity index is 339. The number of hydrogen-bond donors (Lipinski definition) is 2. The summed E-state index contributed by atoms with van der Waals surface area (Å²) >= 11 is 0. The Morgan fingerprint density at radius 2 is 1.94 bits per heavy atom. The molecule has 0 spiro atoms. The van der Waals surface area contributed by atoms with Crippen molar-refractivity contribution in [2.75, 3.05) is 6.61 Å². The molecule has 0 aromatic heterocycles. The van der Waals surface area contributed by atoms with E-state index in [9.17, 15) is 10.2 Å². The molecule has 98 valence electrons. The van der Waals surface area contributed by atoms with Crippen molar-refractivity contribution in [3.05, 3.63) is 11.1 Å². The molecule has 0 saturated heterocycles. The van der Waals surface area contributed by atoms with E-state index in [4.69, 9.17) is 0 Å². The van der Waals surface area contributed by atoms with Gasteiger partial charge in [0.15, 0.2) is 0 Å². The predicted molar refractivity (Wildman–Crippen MR) is 69.6 cm³/mol. The van der Waals surface area contributed by atoms with Crippen molar-refractivity contribution in [3.8, 4) is 0 Å². The Morgan fingerprint density at radius 1 is 1.29 bits per heavy atom. The Kier molecular flexibility index (Phi) is 3.16. The summed E-state index contributed by atoms with van der Waals surface area (Å²) in [5.74, 6) is 0.560. The fourth-order valence-electron chi connectivity index (χ4n) is 3.74. The van der Waals surface area contributed by atoms with Crippen LogP contribution in [0.2, 0.25) is 0 Å². The van der Waals surface area contributed by atoms with E-state index in [0.29, 0.717) is 11.3 Å². The van der Waals surface area contributed by atoms with E-state index < -0.39 is 5.60 Å². The number of rotatable bonds is 1. The van der Waals surface area contributed by atoms with E-state index in [-0.39, 0.29) is 12.5 Å². The highest BCUT2D eigenvalue weighted by molar-refractivity contribution is 5.28. The van der Waals surface area contributed by atoms with Gasteiger partial charge in [0.25, 0.3) is 0 Å². The zero-order valence-corrected chi connectivity index (χ0v) is 11.6. The quantitative estimate of drug-likeness (QED) is 0.690. The van der Waals surface area contributed by atoms with Gasteiger partial charge in [-0.1, -0.05) is 25.0 Å². The molecule has 2 aliphatic rings. The molecule has 2 nitrogen and oxygen atoms in total. The van der Waals surface area contributed by atoms with Crippen LogP contribution in [0.25, 0.3) is 0 Å². The second kappa shape index (κ2) is 4.10. The Hall–Kier alpha value is -0.340. The molecule has 0 aromatic rings. The van der Waals surface area contributed by atoms with Gasteiger partial charge in [0, 0.05) is 18.4 Å². The first-order chi connectivity index (χ1) is 7.77. The fourth-order valence-corrected chi connectivity index (χ4v) is 3.74. The van der Waals surface area contributed by atoms with Crippen LogP contribution in [0.3, 0.4) is 0 Å². The standard InChI is InChI=1S/C15H26O2/c1-10-11(9-16)5-6-15(4,17)13-8-14(2,3)7-12(10)13/h11,13,16-17H,5-9H2,1-4H3. The third-order valence-electron chi connectivity index (χ3n) is 4.94. The van der Waals surface area contributed by atoms with Crippen molar-refractivity contribution >= 4 is 0 Å². The normalized spacial score (nSPS) is 41.3. The predicted octanol–water partition coefficient (Wildman–Crippen LogP) is 2.89. The first-order valence-electron chi connectivity index (χ1n) is 6.79. The fraction of sp³-hybridized carbons (Fsp3) is 0.867. The number of aliphatic hydroxyl groups excluding tert-OH is 1. The third-order valence-corrected chi connectivity index (χ3v) is 4.94. The maximum atomic E-state index is 10.7. The van der Waals surface area contributed by atoms with Crippen LogP contribution in [-0.2, 0) is 0 Å². The van der Waals surface area contributed by atoms with Gasteiger partial charge in [0.05, 0.1) is 5.60 Å². The summed E-state index contributed by atoms with van der Waals surface area (Å²) in [6, 6.07) is 0. The Labute approximate surface area is 105 Å². The first kappa shape index (κ1) is 13.1. The summed E-state index contributed by atoms with van der Waals surface area (Å²) in [4.78, 5) is 0. The van der Waals surface area contributed by atoms with Crippen LogP contribution in [-0.4, -0.2) is 22.4 Å². The summed E-state index contributed by atoms with van der Waals surface area (Å²) in [7, 11) is 0. The van der Waals surface area contributed by atoms with Crippen LogP contribution < -0.4 is 0 Å². The van der Waals surface area contributed by atoms with Gasteiger partial charge in [0.1, 0.15) is 0 Å². The molecule has 0 aliphatic heterocycles. The molecule has 0 radical (unpaired) electrons. The largest absolute Gasteiger partial charge is 0.396 e. The smallest absolute Gasteiger partial charge is 0.0685 e. The zero-order valence-electron chi connectivity index (χ0n) is 11.6. The molecule has 2 aliphatic carbocycles. The lowest BCUT2D eigenvalue weighted by molar-refractivity contribution is 0.000257. The average Bonchev–Trinajstić information content (AvgIpc) is 2.52. The van der Waals surface area contributed by atoms with Crippen LogP contribution in [0, 0.1) is 17.3 Å². The lowest BCUT2D eigenvalue weighted by atomic mass is 9.81. The van der Waals surface area contributed by atoms with Gasteiger partial charge in [-0.3, -0.25) is 0 Å². The molecule has 3 atom stereocenters. The summed E-state index contributed by atoms with van der Waals surface area (Å²) < 4.78 is 0. The molecule has 0 heterocycles. The van der Waals surface area contributed by atoms with Crippen molar-refractivity contribution in [1.82, 2.24) is 0 Å². The Balaban J connectivity index is 2.42. The summed E-state index contributed by atoms with van der Waals surface area (Å²) in [5, 5.41) is 20.2. The maximum Gasteiger partial charge on any atom is 0.0685 e. The van der Waals surface area contributed by atoms with Gasteiger partial charge < -0.3 is 10.2 Å². The van der Waals surface area contributed by atoms with E-state index in [1.54, 1.807) is 0 Å². The SMILES string of the molecule is CC1=C2CC(C)(C)CC2C(C)(O)CCC1CO. The molecule has 0 bridgehead atoms. The Morgan fingerprint density at radius 3 is 2.53 bits per heavy atom. The highest BCUT2D eigenvalue weighted by atomic mass is 16.3. The molecule has 2 rings (SSSR count). The highest BCUT2D eigenvalue weighted by Crippen LogP contribution is 2.53. The van der Waals surface area contributed by atoms with Gasteiger partial charge in [-0.15, -0.1) is 0 Å². The van der Waals surface area contributed by atoms with Crippen LogP contribution in [0.15, 0.2) is 11.1 Å². The van der Waals surface area contributed by atoms with Crippen molar-refractivity contribution in [3.63, 3.8) is 0 Å². The van der Waals surface area contributed by atoms with Crippen molar-refractivity contribution < 1.29 is 10.2 Å². The van der Waals surface area contributed by atoms with Crippen molar-refractivity contribution in [2.45, 2.75) is 59.0 Å². The van der Waals surface area contributed by atoms with Crippen LogP contribution in [0.1, 0.15) is 53.4 Å². The van der Waals surface area contributed by atoms with Crippen LogP contribution >= 0.6 is 0 Å². The molecular formula is C15H26O2. The van der Waals surface area contributed by atoms with E-state index in [1.165, 1.54) is 11.1 Å². The van der Waals surface area contributed by atoms with Gasteiger partial charge >= 0.3 is 0 Å². The lowest BCUT2D eigenvalue weighted by Crippen LogP contribution is -2.33. The summed E-state index contributed by atoms with van der Waals surface area (Å²) in [5.41, 5.74) is 2.48. The molecule has 0 aromatic carbocycles. The van der Waals surface area contributed by atoms with Crippen molar-refractivity contribution in [1.29, 1.82) is 0 Å². The van der Waals surface area contributed by atoms with E-state index in [0.717, 1.165) is 25.7 Å². The molecular weight excluding hydrogens is 212 g/mol. The highest BCUT2D eigenvalue weighted by Gasteiger charge is 2.47. The molecule has 1 saturated carbocycles. The lowest BCUT2D eigenvalue weighted by Gasteiger charge is -2.31. The minimum absolute atomic E-state index is 0.221. The minimum Gasteiger partial charge on any atom is -0.396 e.